The Bertz CT molecular complexity index is 1840. The molecule has 1 saturated heterocycles. The molecule has 6 atom stereocenters. The van der Waals surface area contributed by atoms with Crippen molar-refractivity contribution in [2.75, 3.05) is 13.2 Å². The van der Waals surface area contributed by atoms with E-state index in [0.717, 1.165) is 135 Å². The van der Waals surface area contributed by atoms with Crippen LogP contribution in [0.4, 0.5) is 0 Å². The van der Waals surface area contributed by atoms with Crippen LogP contribution in [-0.2, 0) is 42.9 Å². The molecule has 0 spiro atoms. The van der Waals surface area contributed by atoms with E-state index < -0.39 is 67.3 Å². The minimum atomic E-state index is -1.92. The minimum Gasteiger partial charge on any atom is -0.479 e. The van der Waals surface area contributed by atoms with Gasteiger partial charge in [0.1, 0.15) is 18.8 Å². The van der Waals surface area contributed by atoms with E-state index in [1.807, 2.05) is 12.2 Å². The number of carbonyl (C=O) groups excluding carboxylic acids is 3. The van der Waals surface area contributed by atoms with Gasteiger partial charge in [0.2, 0.25) is 0 Å². The fourth-order valence-electron chi connectivity index (χ4n) is 8.39. The summed E-state index contributed by atoms with van der Waals surface area (Å²) in [5.41, 5.74) is 0. The summed E-state index contributed by atoms with van der Waals surface area (Å²) >= 11 is 0. The quantitative estimate of drug-likeness (QED) is 0.0228. The van der Waals surface area contributed by atoms with E-state index in [-0.39, 0.29) is 25.9 Å². The van der Waals surface area contributed by atoms with Crippen molar-refractivity contribution in [1.82, 2.24) is 0 Å². The molecule has 1 fully saturated rings. The van der Waals surface area contributed by atoms with Crippen molar-refractivity contribution in [2.45, 2.75) is 263 Å². The van der Waals surface area contributed by atoms with Crippen molar-refractivity contribution in [3.63, 3.8) is 0 Å². The normalized spacial score (nSPS) is 18.7. The standard InChI is InChI=1S/C67H106O12/c1-4-7-10-13-16-19-22-25-27-29-30-32-33-36-38-41-44-47-50-53-59(68)75-56-58(77-60(69)54-51-48-45-42-40-37-34-31-28-26-23-20-17-14-11-8-5-2)57-76-67-65(63(72)62(71)64(79-67)66(73)74)78-61(70)55-52-49-46-43-39-35-24-21-18-15-12-9-6-3/h7-8,10-11,16-17,19-21,24-28,30,32,34,37,42,45,58,62-65,67,71-72H,4-6,9,12-15,18,22-23,29,31,33,35-36,38-41,43-44,46-57H2,1-3H3,(H,73,74)/b10-7-,11-8-,19-16-,20-17-,24-21-,27-25-,28-26-,32-30-,37-34-,45-42-. The molecule has 79 heavy (non-hydrogen) atoms. The Hall–Kier alpha value is -4.88. The molecule has 0 aromatic carbocycles. The summed E-state index contributed by atoms with van der Waals surface area (Å²) in [5, 5.41) is 31.5. The van der Waals surface area contributed by atoms with Crippen LogP contribution in [0.2, 0.25) is 0 Å². The van der Waals surface area contributed by atoms with E-state index in [4.69, 9.17) is 23.7 Å². The number of hydrogen-bond acceptors (Lipinski definition) is 11. The lowest BCUT2D eigenvalue weighted by atomic mass is 9.98. The Morgan fingerprint density at radius 2 is 0.810 bits per heavy atom. The number of hydrogen-bond donors (Lipinski definition) is 3. The van der Waals surface area contributed by atoms with Gasteiger partial charge in [-0.25, -0.2) is 4.79 Å². The zero-order valence-corrected chi connectivity index (χ0v) is 49.1. The lowest BCUT2D eigenvalue weighted by Crippen LogP contribution is -2.61. The number of rotatable bonds is 50. The van der Waals surface area contributed by atoms with Crippen molar-refractivity contribution in [3.05, 3.63) is 122 Å². The summed E-state index contributed by atoms with van der Waals surface area (Å²) in [5.74, 6) is -3.24. The van der Waals surface area contributed by atoms with Gasteiger partial charge in [-0.15, -0.1) is 0 Å². The van der Waals surface area contributed by atoms with Gasteiger partial charge in [0.15, 0.2) is 24.6 Å². The van der Waals surface area contributed by atoms with Crippen LogP contribution in [-0.4, -0.2) is 89.2 Å². The predicted molar refractivity (Wildman–Crippen MR) is 321 cm³/mol. The molecule has 3 N–H and O–H groups in total. The second-order valence-corrected chi connectivity index (χ2v) is 20.2. The summed E-state index contributed by atoms with van der Waals surface area (Å²) in [6, 6.07) is 0. The van der Waals surface area contributed by atoms with Gasteiger partial charge in [0.25, 0.3) is 0 Å². The molecule has 12 nitrogen and oxygen atoms in total. The second-order valence-electron chi connectivity index (χ2n) is 20.2. The Kier molecular flexibility index (Phi) is 49.1. The molecule has 0 amide bonds. The Morgan fingerprint density at radius 1 is 0.430 bits per heavy atom. The summed E-state index contributed by atoms with van der Waals surface area (Å²) in [7, 11) is 0. The molecule has 1 rings (SSSR count). The average molecular weight is 1100 g/mol. The SMILES string of the molecule is CC/C=C\C/C=C\C/C=C\C/C=C\C/C=C\CCCC(=O)OC(COC(=O)CCCCCCCC/C=C\C/C=C\C/C=C\C/C=C\CC)COC1OC(C(=O)O)C(O)C(O)C1OC(=O)CCCCCCC/C=C\CCCCCC. The number of aliphatic hydroxyl groups is 2. The molecule has 0 aromatic rings. The topological polar surface area (TPSA) is 175 Å². The molecule has 1 heterocycles. The monoisotopic (exact) mass is 1100 g/mol. The van der Waals surface area contributed by atoms with Gasteiger partial charge >= 0.3 is 23.9 Å². The third-order valence-electron chi connectivity index (χ3n) is 13.0. The molecule has 12 heteroatoms. The Labute approximate surface area is 478 Å². The van der Waals surface area contributed by atoms with E-state index in [1.165, 1.54) is 25.7 Å². The van der Waals surface area contributed by atoms with E-state index >= 15 is 0 Å². The first-order valence-corrected chi connectivity index (χ1v) is 30.5. The van der Waals surface area contributed by atoms with Gasteiger partial charge in [-0.05, 0) is 122 Å². The lowest BCUT2D eigenvalue weighted by Gasteiger charge is -2.40. The number of aliphatic carboxylic acids is 1. The summed E-state index contributed by atoms with van der Waals surface area (Å²) in [6.07, 6.45) is 61.7. The highest BCUT2D eigenvalue weighted by molar-refractivity contribution is 5.74. The number of ether oxygens (including phenoxy) is 5. The smallest absolute Gasteiger partial charge is 0.335 e. The Morgan fingerprint density at radius 3 is 1.27 bits per heavy atom. The summed E-state index contributed by atoms with van der Waals surface area (Å²) < 4.78 is 28.4. The van der Waals surface area contributed by atoms with Gasteiger partial charge in [-0.3, -0.25) is 14.4 Å². The largest absolute Gasteiger partial charge is 0.479 e. The van der Waals surface area contributed by atoms with Gasteiger partial charge in [-0.2, -0.15) is 0 Å². The van der Waals surface area contributed by atoms with E-state index in [0.29, 0.717) is 25.7 Å². The van der Waals surface area contributed by atoms with Crippen molar-refractivity contribution in [2.24, 2.45) is 0 Å². The molecule has 1 aliphatic heterocycles. The van der Waals surface area contributed by atoms with E-state index in [9.17, 15) is 34.5 Å². The average Bonchev–Trinajstić information content (AvgIpc) is 3.46. The minimum absolute atomic E-state index is 0.0363. The molecule has 0 aliphatic carbocycles. The predicted octanol–water partition coefficient (Wildman–Crippen LogP) is 16.0. The van der Waals surface area contributed by atoms with Crippen LogP contribution in [0.5, 0.6) is 0 Å². The number of esters is 3. The van der Waals surface area contributed by atoms with Gasteiger partial charge in [0, 0.05) is 19.3 Å². The van der Waals surface area contributed by atoms with Crippen LogP contribution >= 0.6 is 0 Å². The lowest BCUT2D eigenvalue weighted by molar-refractivity contribution is -0.301. The molecule has 0 radical (unpaired) electrons. The van der Waals surface area contributed by atoms with Crippen molar-refractivity contribution in [3.8, 4) is 0 Å². The zero-order valence-electron chi connectivity index (χ0n) is 49.1. The molecule has 0 aromatic heterocycles. The molecule has 1 aliphatic rings. The Balaban J connectivity index is 2.74. The molecular weight excluding hydrogens is 997 g/mol. The molecule has 0 bridgehead atoms. The maximum atomic E-state index is 13.2. The fraction of sp³-hybridized carbons (Fsp3) is 0.642. The van der Waals surface area contributed by atoms with Gasteiger partial charge in [0.05, 0.1) is 6.61 Å². The third kappa shape index (κ3) is 43.6. The van der Waals surface area contributed by atoms with Gasteiger partial charge in [-0.1, -0.05) is 206 Å². The van der Waals surface area contributed by atoms with Crippen LogP contribution in [0.15, 0.2) is 122 Å². The third-order valence-corrected chi connectivity index (χ3v) is 13.0. The number of allylic oxidation sites excluding steroid dienone is 20. The number of aliphatic hydroxyl groups excluding tert-OH is 2. The van der Waals surface area contributed by atoms with E-state index in [2.05, 4.69) is 130 Å². The highest BCUT2D eigenvalue weighted by Crippen LogP contribution is 2.26. The summed E-state index contributed by atoms with van der Waals surface area (Å²) in [4.78, 5) is 51.2. The molecular formula is C67H106O12. The first kappa shape index (κ1) is 72.1. The number of carboxylic acid groups (broad SMARTS) is 1. The van der Waals surface area contributed by atoms with Crippen LogP contribution in [0.3, 0.4) is 0 Å². The van der Waals surface area contributed by atoms with Gasteiger partial charge < -0.3 is 39.0 Å². The van der Waals surface area contributed by atoms with Crippen molar-refractivity contribution in [1.29, 1.82) is 0 Å². The highest BCUT2D eigenvalue weighted by Gasteiger charge is 2.50. The first-order valence-electron chi connectivity index (χ1n) is 30.5. The fourth-order valence-corrected chi connectivity index (χ4v) is 8.39. The number of carboxylic acids is 1. The van der Waals surface area contributed by atoms with Crippen LogP contribution in [0.25, 0.3) is 0 Å². The van der Waals surface area contributed by atoms with Crippen molar-refractivity contribution >= 4 is 23.9 Å². The van der Waals surface area contributed by atoms with Crippen LogP contribution < -0.4 is 0 Å². The molecule has 446 valence electrons. The van der Waals surface area contributed by atoms with Crippen molar-refractivity contribution < 1.29 is 58.2 Å². The van der Waals surface area contributed by atoms with E-state index in [1.54, 1.807) is 0 Å². The maximum absolute atomic E-state index is 13.2. The number of carbonyl (C=O) groups is 4. The highest BCUT2D eigenvalue weighted by atomic mass is 16.7. The zero-order chi connectivity index (χ0) is 57.5. The second kappa shape index (κ2) is 53.7. The first-order chi connectivity index (χ1) is 38.6. The molecule has 0 saturated carbocycles. The summed E-state index contributed by atoms with van der Waals surface area (Å²) in [6.45, 7) is 5.68. The van der Waals surface area contributed by atoms with Crippen LogP contribution in [0, 0.1) is 0 Å². The van der Waals surface area contributed by atoms with Crippen LogP contribution in [0.1, 0.15) is 226 Å². The maximum Gasteiger partial charge on any atom is 0.335 e. The molecule has 6 unspecified atom stereocenters. The number of unbranched alkanes of at least 4 members (excludes halogenated alkanes) is 16.